The lowest BCUT2D eigenvalue weighted by Gasteiger charge is -2.20. The second kappa shape index (κ2) is 3.12. The van der Waals surface area contributed by atoms with Gasteiger partial charge in [0, 0.05) is 6.21 Å². The van der Waals surface area contributed by atoms with Crippen LogP contribution >= 0.6 is 0 Å². The van der Waals surface area contributed by atoms with E-state index in [2.05, 4.69) is 4.99 Å². The molecular formula is C6H8N2O2. The van der Waals surface area contributed by atoms with Crippen LogP contribution in [0.3, 0.4) is 0 Å². The number of carbonyl (C=O) groups is 1. The van der Waals surface area contributed by atoms with Crippen LogP contribution in [0.2, 0.25) is 0 Å². The third-order valence-electron chi connectivity index (χ3n) is 1.19. The number of allylic oxidation sites excluding steroid dienone is 2. The molecule has 1 rings (SSSR count). The quantitative estimate of drug-likeness (QED) is 0.506. The highest BCUT2D eigenvalue weighted by molar-refractivity contribution is 5.84. The molecule has 10 heavy (non-hydrogen) atoms. The second-order valence-electron chi connectivity index (χ2n) is 1.74. The molecule has 0 atom stereocenters. The van der Waals surface area contributed by atoms with E-state index in [1.807, 2.05) is 0 Å². The van der Waals surface area contributed by atoms with Crippen molar-refractivity contribution in [2.24, 2.45) is 4.99 Å². The molecule has 0 N–H and O–H groups in total. The smallest absolute Gasteiger partial charge is 0.168 e. The molecule has 1 aliphatic heterocycles. The number of carbonyl (C=O) groups excluding carboxylic acids is 1. The Morgan fingerprint density at radius 2 is 2.70 bits per heavy atom. The summed E-state index contributed by atoms with van der Waals surface area (Å²) in [7, 11) is 1.50. The van der Waals surface area contributed by atoms with Crippen LogP contribution < -0.4 is 0 Å². The van der Waals surface area contributed by atoms with Gasteiger partial charge in [-0.2, -0.15) is 0 Å². The van der Waals surface area contributed by atoms with Gasteiger partial charge in [-0.1, -0.05) is 0 Å². The summed E-state index contributed by atoms with van der Waals surface area (Å²) in [6.45, 7) is 0.390. The maximum atomic E-state index is 10.3. The summed E-state index contributed by atoms with van der Waals surface area (Å²) in [6.07, 6.45) is 3.91. The Morgan fingerprint density at radius 1 is 1.90 bits per heavy atom. The van der Waals surface area contributed by atoms with Gasteiger partial charge in [0.25, 0.3) is 0 Å². The first-order valence-corrected chi connectivity index (χ1v) is 2.85. The average molecular weight is 140 g/mol. The zero-order valence-corrected chi connectivity index (χ0v) is 5.65. The zero-order valence-electron chi connectivity index (χ0n) is 5.65. The fourth-order valence-corrected chi connectivity index (χ4v) is 0.676. The molecule has 0 aromatic carbocycles. The molecule has 0 fully saturated rings. The van der Waals surface area contributed by atoms with Crippen molar-refractivity contribution in [3.63, 3.8) is 0 Å². The van der Waals surface area contributed by atoms with E-state index in [9.17, 15) is 4.79 Å². The Morgan fingerprint density at radius 3 is 3.20 bits per heavy atom. The zero-order chi connectivity index (χ0) is 7.40. The van der Waals surface area contributed by atoms with E-state index in [0.29, 0.717) is 12.4 Å². The van der Waals surface area contributed by atoms with E-state index < -0.39 is 0 Å². The predicted molar refractivity (Wildman–Crippen MR) is 36.4 cm³/mol. The summed E-state index contributed by atoms with van der Waals surface area (Å²) in [5, 5.41) is 1.41. The molecule has 0 saturated heterocycles. The monoisotopic (exact) mass is 140 g/mol. The Balaban J connectivity index is 2.70. The van der Waals surface area contributed by atoms with Gasteiger partial charge in [0.15, 0.2) is 6.29 Å². The normalized spacial score (nSPS) is 16.9. The largest absolute Gasteiger partial charge is 0.296 e. The van der Waals surface area contributed by atoms with Crippen LogP contribution in [-0.4, -0.2) is 31.3 Å². The molecule has 0 aromatic rings. The molecule has 4 nitrogen and oxygen atoms in total. The van der Waals surface area contributed by atoms with Crippen LogP contribution in [0.1, 0.15) is 0 Å². The maximum Gasteiger partial charge on any atom is 0.168 e. The third-order valence-corrected chi connectivity index (χ3v) is 1.19. The Labute approximate surface area is 58.8 Å². The average Bonchev–Trinajstić information content (AvgIpc) is 2.04. The van der Waals surface area contributed by atoms with Crippen molar-refractivity contribution in [1.82, 2.24) is 5.06 Å². The molecule has 0 unspecified atom stereocenters. The van der Waals surface area contributed by atoms with Gasteiger partial charge in [-0.05, 0) is 6.08 Å². The SMILES string of the molecule is CON1CN=CC=C1C=O. The summed E-state index contributed by atoms with van der Waals surface area (Å²) in [5.74, 6) is 0. The Bertz CT molecular complexity index is 186. The lowest BCUT2D eigenvalue weighted by atomic mass is 10.4. The molecule has 0 saturated carbocycles. The third kappa shape index (κ3) is 1.22. The van der Waals surface area contributed by atoms with Crippen molar-refractivity contribution in [1.29, 1.82) is 0 Å². The van der Waals surface area contributed by atoms with Crippen LogP contribution in [0.15, 0.2) is 16.8 Å². The fourth-order valence-electron chi connectivity index (χ4n) is 0.676. The molecule has 0 radical (unpaired) electrons. The summed E-state index contributed by atoms with van der Waals surface area (Å²) in [5.41, 5.74) is 0.498. The van der Waals surface area contributed by atoms with Crippen LogP contribution in [0, 0.1) is 0 Å². The minimum absolute atomic E-state index is 0.390. The van der Waals surface area contributed by atoms with Crippen molar-refractivity contribution in [3.8, 4) is 0 Å². The number of nitrogens with zero attached hydrogens (tertiary/aromatic N) is 2. The first kappa shape index (κ1) is 6.95. The number of hydrogen-bond donors (Lipinski definition) is 0. The van der Waals surface area contributed by atoms with E-state index in [1.165, 1.54) is 12.2 Å². The Hall–Kier alpha value is -1.16. The first-order chi connectivity index (χ1) is 4.88. The molecule has 0 amide bonds. The molecule has 1 aliphatic rings. The van der Waals surface area contributed by atoms with E-state index in [1.54, 1.807) is 12.3 Å². The minimum Gasteiger partial charge on any atom is -0.296 e. The van der Waals surface area contributed by atoms with Gasteiger partial charge in [-0.25, -0.2) is 5.06 Å². The van der Waals surface area contributed by atoms with Crippen molar-refractivity contribution in [3.05, 3.63) is 11.8 Å². The van der Waals surface area contributed by atoms with Crippen LogP contribution in [0.4, 0.5) is 0 Å². The number of hydroxylamine groups is 2. The van der Waals surface area contributed by atoms with Gasteiger partial charge in [-0.3, -0.25) is 14.6 Å². The molecule has 54 valence electrons. The fraction of sp³-hybridized carbons (Fsp3) is 0.333. The molecule has 0 aromatic heterocycles. The molecular weight excluding hydrogens is 132 g/mol. The Kier molecular flexibility index (Phi) is 2.17. The van der Waals surface area contributed by atoms with Crippen LogP contribution in [-0.2, 0) is 9.63 Å². The van der Waals surface area contributed by atoms with E-state index >= 15 is 0 Å². The minimum atomic E-state index is 0.390. The number of aliphatic imine (C=N–C) groups is 1. The van der Waals surface area contributed by atoms with Crippen molar-refractivity contribution < 1.29 is 9.63 Å². The molecule has 4 heteroatoms. The lowest BCUT2D eigenvalue weighted by Crippen LogP contribution is -2.25. The van der Waals surface area contributed by atoms with E-state index in [4.69, 9.17) is 4.84 Å². The maximum absolute atomic E-state index is 10.3. The lowest BCUT2D eigenvalue weighted by molar-refractivity contribution is -0.123. The summed E-state index contributed by atoms with van der Waals surface area (Å²) >= 11 is 0. The number of hydrogen-bond acceptors (Lipinski definition) is 4. The highest BCUT2D eigenvalue weighted by Crippen LogP contribution is 2.03. The summed E-state index contributed by atoms with van der Waals surface area (Å²) < 4.78 is 0. The molecule has 0 bridgehead atoms. The topological polar surface area (TPSA) is 41.9 Å². The molecule has 0 spiro atoms. The summed E-state index contributed by atoms with van der Waals surface area (Å²) in [4.78, 5) is 19.0. The van der Waals surface area contributed by atoms with Gasteiger partial charge >= 0.3 is 0 Å². The van der Waals surface area contributed by atoms with Gasteiger partial charge < -0.3 is 0 Å². The van der Waals surface area contributed by atoms with Gasteiger partial charge in [0.2, 0.25) is 0 Å². The second-order valence-corrected chi connectivity index (χ2v) is 1.74. The number of aldehydes is 1. The van der Waals surface area contributed by atoms with Gasteiger partial charge in [0.05, 0.1) is 7.11 Å². The van der Waals surface area contributed by atoms with Crippen LogP contribution in [0.25, 0.3) is 0 Å². The predicted octanol–water partition coefficient (Wildman–Crippen LogP) is -0.0255. The first-order valence-electron chi connectivity index (χ1n) is 2.85. The van der Waals surface area contributed by atoms with Crippen molar-refractivity contribution in [2.45, 2.75) is 0 Å². The standard InChI is InChI=1S/C6H8N2O2/c1-10-8-5-7-3-2-6(8)4-9/h2-4H,5H2,1H3. The van der Waals surface area contributed by atoms with Crippen molar-refractivity contribution in [2.75, 3.05) is 13.8 Å². The van der Waals surface area contributed by atoms with Crippen molar-refractivity contribution >= 4 is 12.5 Å². The highest BCUT2D eigenvalue weighted by Gasteiger charge is 2.08. The number of rotatable bonds is 2. The molecule has 1 heterocycles. The van der Waals surface area contributed by atoms with E-state index in [-0.39, 0.29) is 0 Å². The van der Waals surface area contributed by atoms with E-state index in [0.717, 1.165) is 6.29 Å². The van der Waals surface area contributed by atoms with Gasteiger partial charge in [0.1, 0.15) is 12.4 Å². The van der Waals surface area contributed by atoms with Gasteiger partial charge in [-0.15, -0.1) is 0 Å². The highest BCUT2D eigenvalue weighted by atomic mass is 16.7. The van der Waals surface area contributed by atoms with Crippen LogP contribution in [0.5, 0.6) is 0 Å². The molecule has 0 aliphatic carbocycles. The summed E-state index contributed by atoms with van der Waals surface area (Å²) in [6, 6.07) is 0.